The molecule has 36 heavy (non-hydrogen) atoms. The topological polar surface area (TPSA) is 114 Å². The van der Waals surface area contributed by atoms with Crippen LogP contribution in [0.3, 0.4) is 0 Å². The van der Waals surface area contributed by atoms with E-state index in [0.717, 1.165) is 16.0 Å². The van der Waals surface area contributed by atoms with Gasteiger partial charge in [0.15, 0.2) is 11.5 Å². The maximum Gasteiger partial charge on any atom is 0.251 e. The minimum atomic E-state index is -3.73. The molecule has 0 fully saturated rings. The molecule has 5 rings (SSSR count). The number of sulfonamides is 1. The maximum atomic E-state index is 13.1. The summed E-state index contributed by atoms with van der Waals surface area (Å²) in [6, 6.07) is 13.4. The standard InChI is InChI=1S/C25H23N3O6S2/c1-2-23(29)27-24-12-18-13-28(14-22(18)35-24)36(31,32)19-6-4-17(5-7-19)25(30)26-10-9-16-3-8-20-21(11-16)34-15-33-20/h2-8,11-12H,1,9-10,13-15H2,(H,26,30)(H,27,29). The van der Waals surface area contributed by atoms with E-state index in [2.05, 4.69) is 17.2 Å². The van der Waals surface area contributed by atoms with Crippen molar-refractivity contribution in [2.45, 2.75) is 24.4 Å². The van der Waals surface area contributed by atoms with Gasteiger partial charge in [0, 0.05) is 30.1 Å². The smallest absolute Gasteiger partial charge is 0.251 e. The van der Waals surface area contributed by atoms with Crippen molar-refractivity contribution in [3.05, 3.63) is 82.8 Å². The van der Waals surface area contributed by atoms with Gasteiger partial charge in [0.1, 0.15) is 0 Å². The normalized spacial score (nSPS) is 14.3. The lowest BCUT2D eigenvalue weighted by Crippen LogP contribution is -2.27. The molecule has 3 aromatic rings. The third kappa shape index (κ3) is 4.85. The van der Waals surface area contributed by atoms with Gasteiger partial charge in [-0.2, -0.15) is 4.31 Å². The molecule has 3 heterocycles. The highest BCUT2D eigenvalue weighted by Crippen LogP contribution is 2.37. The Morgan fingerprint density at radius 3 is 2.58 bits per heavy atom. The average molecular weight is 526 g/mol. The van der Waals surface area contributed by atoms with Gasteiger partial charge in [0.25, 0.3) is 5.91 Å². The first-order chi connectivity index (χ1) is 17.3. The van der Waals surface area contributed by atoms with Gasteiger partial charge in [-0.25, -0.2) is 8.42 Å². The lowest BCUT2D eigenvalue weighted by Gasteiger charge is -2.16. The van der Waals surface area contributed by atoms with E-state index < -0.39 is 10.0 Å². The molecule has 0 spiro atoms. The van der Waals surface area contributed by atoms with Crippen LogP contribution in [0.5, 0.6) is 11.5 Å². The van der Waals surface area contributed by atoms with Gasteiger partial charge in [-0.3, -0.25) is 9.59 Å². The van der Waals surface area contributed by atoms with E-state index in [4.69, 9.17) is 9.47 Å². The first-order valence-electron chi connectivity index (χ1n) is 11.2. The van der Waals surface area contributed by atoms with Crippen molar-refractivity contribution in [3.8, 4) is 11.5 Å². The van der Waals surface area contributed by atoms with E-state index in [1.54, 1.807) is 6.07 Å². The summed E-state index contributed by atoms with van der Waals surface area (Å²) in [4.78, 5) is 25.0. The van der Waals surface area contributed by atoms with Crippen molar-refractivity contribution in [3.63, 3.8) is 0 Å². The number of fused-ring (bicyclic) bond motifs is 2. The van der Waals surface area contributed by atoms with Crippen molar-refractivity contribution in [1.29, 1.82) is 0 Å². The molecule has 0 bridgehead atoms. The summed E-state index contributed by atoms with van der Waals surface area (Å²) in [5, 5.41) is 6.22. The second kappa shape index (κ2) is 9.76. The van der Waals surface area contributed by atoms with E-state index in [-0.39, 0.29) is 36.6 Å². The Hall–Kier alpha value is -3.67. The molecule has 0 saturated carbocycles. The van der Waals surface area contributed by atoms with Gasteiger partial charge < -0.3 is 20.1 Å². The number of amides is 2. The second-order valence-electron chi connectivity index (χ2n) is 8.24. The van der Waals surface area contributed by atoms with Crippen LogP contribution in [-0.2, 0) is 34.3 Å². The maximum absolute atomic E-state index is 13.1. The predicted molar refractivity (Wildman–Crippen MR) is 135 cm³/mol. The van der Waals surface area contributed by atoms with E-state index in [9.17, 15) is 18.0 Å². The van der Waals surface area contributed by atoms with Crippen LogP contribution in [0, 0.1) is 0 Å². The second-order valence-corrected chi connectivity index (χ2v) is 11.3. The minimum Gasteiger partial charge on any atom is -0.454 e. The Labute approximate surface area is 212 Å². The largest absolute Gasteiger partial charge is 0.454 e. The average Bonchev–Trinajstić information content (AvgIpc) is 3.59. The number of anilines is 1. The highest BCUT2D eigenvalue weighted by atomic mass is 32.2. The molecule has 9 nitrogen and oxygen atoms in total. The monoisotopic (exact) mass is 525 g/mol. The van der Waals surface area contributed by atoms with Crippen LogP contribution >= 0.6 is 11.3 Å². The summed E-state index contributed by atoms with van der Waals surface area (Å²) in [7, 11) is -3.73. The van der Waals surface area contributed by atoms with Crippen LogP contribution in [-0.4, -0.2) is 37.9 Å². The Bertz CT molecular complexity index is 1420. The van der Waals surface area contributed by atoms with E-state index in [1.165, 1.54) is 46.0 Å². The van der Waals surface area contributed by atoms with Gasteiger partial charge in [0.05, 0.1) is 9.90 Å². The molecule has 0 atom stereocenters. The Balaban J connectivity index is 1.17. The summed E-state index contributed by atoms with van der Waals surface area (Å²) in [6.07, 6.45) is 1.80. The fourth-order valence-corrected chi connectivity index (χ4v) is 6.55. The number of ether oxygens (including phenoxy) is 2. The number of hydrogen-bond acceptors (Lipinski definition) is 7. The molecular formula is C25H23N3O6S2. The minimum absolute atomic E-state index is 0.120. The Morgan fingerprint density at radius 2 is 1.83 bits per heavy atom. The molecule has 2 aliphatic rings. The van der Waals surface area contributed by atoms with Crippen LogP contribution in [0.2, 0.25) is 0 Å². The molecule has 2 amide bonds. The number of benzene rings is 2. The number of nitrogens with one attached hydrogen (secondary N) is 2. The molecule has 0 unspecified atom stereocenters. The third-order valence-electron chi connectivity index (χ3n) is 5.89. The molecular weight excluding hydrogens is 502 g/mol. The van der Waals surface area contributed by atoms with Crippen LogP contribution in [0.4, 0.5) is 5.00 Å². The molecule has 11 heteroatoms. The van der Waals surface area contributed by atoms with Crippen LogP contribution < -0.4 is 20.1 Å². The van der Waals surface area contributed by atoms with Crippen molar-refractivity contribution < 1.29 is 27.5 Å². The lowest BCUT2D eigenvalue weighted by atomic mass is 10.1. The number of carbonyl (C=O) groups is 2. The Morgan fingerprint density at radius 1 is 1.06 bits per heavy atom. The number of carbonyl (C=O) groups excluding carboxylic acids is 2. The zero-order valence-corrected chi connectivity index (χ0v) is 20.8. The summed E-state index contributed by atoms with van der Waals surface area (Å²) in [6.45, 7) is 4.51. The lowest BCUT2D eigenvalue weighted by molar-refractivity contribution is -0.111. The van der Waals surface area contributed by atoms with Gasteiger partial charge in [-0.05, 0) is 66.1 Å². The van der Waals surface area contributed by atoms with Crippen LogP contribution in [0.15, 0.2) is 66.1 Å². The van der Waals surface area contributed by atoms with Crippen LogP contribution in [0.1, 0.15) is 26.4 Å². The molecule has 0 aliphatic carbocycles. The summed E-state index contributed by atoms with van der Waals surface area (Å²) in [5.74, 6) is 0.821. The highest BCUT2D eigenvalue weighted by molar-refractivity contribution is 7.89. The zero-order valence-electron chi connectivity index (χ0n) is 19.2. The molecule has 2 aliphatic heterocycles. The van der Waals surface area contributed by atoms with Gasteiger partial charge >= 0.3 is 0 Å². The van der Waals surface area contributed by atoms with Crippen molar-refractivity contribution in [1.82, 2.24) is 9.62 Å². The van der Waals surface area contributed by atoms with Crippen molar-refractivity contribution >= 4 is 38.2 Å². The van der Waals surface area contributed by atoms with E-state index in [0.29, 0.717) is 35.0 Å². The summed E-state index contributed by atoms with van der Waals surface area (Å²) >= 11 is 1.35. The third-order valence-corrected chi connectivity index (χ3v) is 8.77. The van der Waals surface area contributed by atoms with E-state index in [1.807, 2.05) is 18.2 Å². The van der Waals surface area contributed by atoms with Crippen LogP contribution in [0.25, 0.3) is 0 Å². The molecule has 1 aromatic heterocycles. The summed E-state index contributed by atoms with van der Waals surface area (Å²) in [5.41, 5.74) is 2.25. The number of nitrogens with zero attached hydrogens (tertiary/aromatic N) is 1. The van der Waals surface area contributed by atoms with Gasteiger partial charge in [0.2, 0.25) is 22.7 Å². The van der Waals surface area contributed by atoms with Crippen molar-refractivity contribution in [2.24, 2.45) is 0 Å². The first kappa shape index (κ1) is 24.0. The summed E-state index contributed by atoms with van der Waals surface area (Å²) < 4.78 is 38.3. The fraction of sp³-hybridized carbons (Fsp3) is 0.200. The number of thiophene rings is 1. The molecule has 2 aromatic carbocycles. The highest BCUT2D eigenvalue weighted by Gasteiger charge is 2.32. The molecule has 0 radical (unpaired) electrons. The fourth-order valence-electron chi connectivity index (χ4n) is 3.99. The van der Waals surface area contributed by atoms with Gasteiger partial charge in [-0.15, -0.1) is 11.3 Å². The quantitative estimate of drug-likeness (QED) is 0.437. The SMILES string of the molecule is C=CC(=O)Nc1cc2c(s1)CN(S(=O)(=O)c1ccc(C(=O)NCCc3ccc4c(c3)OCO4)cc1)C2. The first-order valence-corrected chi connectivity index (χ1v) is 13.4. The molecule has 2 N–H and O–H groups in total. The number of rotatable bonds is 8. The zero-order chi connectivity index (χ0) is 25.3. The number of hydrogen-bond donors (Lipinski definition) is 2. The van der Waals surface area contributed by atoms with Gasteiger partial charge in [-0.1, -0.05) is 12.6 Å². The Kier molecular flexibility index (Phi) is 6.52. The van der Waals surface area contributed by atoms with E-state index >= 15 is 0 Å². The predicted octanol–water partition coefficient (Wildman–Crippen LogP) is 3.28. The van der Waals surface area contributed by atoms with Crippen molar-refractivity contribution in [2.75, 3.05) is 18.7 Å². The molecule has 0 saturated heterocycles. The molecule has 186 valence electrons.